The van der Waals surface area contributed by atoms with Gasteiger partial charge in [0.1, 0.15) is 12.3 Å². The molecule has 136 valence electrons. The monoisotopic (exact) mass is 434 g/mol. The van der Waals surface area contributed by atoms with E-state index >= 15 is 0 Å². The SMILES string of the molecule is COc1ccc(Br)cc1CN(C)C(=O)CN1C(=O)CSc2ccccc21. The number of methoxy groups -OCH3 is 1. The molecule has 2 amide bonds. The molecular formula is C19H19BrN2O3S. The van der Waals surface area contributed by atoms with Crippen molar-refractivity contribution in [3.8, 4) is 5.75 Å². The minimum Gasteiger partial charge on any atom is -0.496 e. The summed E-state index contributed by atoms with van der Waals surface area (Å²) in [5.41, 5.74) is 1.70. The summed E-state index contributed by atoms with van der Waals surface area (Å²) in [5.74, 6) is 0.911. The topological polar surface area (TPSA) is 49.9 Å². The number of amides is 2. The highest BCUT2D eigenvalue weighted by Gasteiger charge is 2.27. The number of para-hydroxylation sites is 1. The third kappa shape index (κ3) is 4.04. The van der Waals surface area contributed by atoms with Gasteiger partial charge in [-0.2, -0.15) is 0 Å². The minimum absolute atomic E-state index is 0.0310. The Hall–Kier alpha value is -1.99. The summed E-state index contributed by atoms with van der Waals surface area (Å²) < 4.78 is 6.29. The zero-order valence-electron chi connectivity index (χ0n) is 14.6. The van der Waals surface area contributed by atoms with Gasteiger partial charge in [-0.25, -0.2) is 0 Å². The number of hydrogen-bond acceptors (Lipinski definition) is 4. The van der Waals surface area contributed by atoms with E-state index < -0.39 is 0 Å². The molecule has 0 unspecified atom stereocenters. The van der Waals surface area contributed by atoms with E-state index in [1.165, 1.54) is 11.8 Å². The van der Waals surface area contributed by atoms with Crippen molar-refractivity contribution in [1.82, 2.24) is 4.90 Å². The average molecular weight is 435 g/mol. The van der Waals surface area contributed by atoms with Gasteiger partial charge >= 0.3 is 0 Å². The van der Waals surface area contributed by atoms with Crippen LogP contribution in [0.25, 0.3) is 0 Å². The van der Waals surface area contributed by atoms with Gasteiger partial charge in [-0.05, 0) is 30.3 Å². The number of carbonyl (C=O) groups excluding carboxylic acids is 2. The fraction of sp³-hybridized carbons (Fsp3) is 0.263. The quantitative estimate of drug-likeness (QED) is 0.721. The highest BCUT2D eigenvalue weighted by atomic mass is 79.9. The predicted octanol–water partition coefficient (Wildman–Crippen LogP) is 3.56. The Morgan fingerprint density at radius 2 is 2.08 bits per heavy atom. The molecule has 0 saturated carbocycles. The third-order valence-corrected chi connectivity index (χ3v) is 5.72. The fourth-order valence-electron chi connectivity index (χ4n) is 2.80. The number of fused-ring (bicyclic) bond motifs is 1. The number of anilines is 1. The van der Waals surface area contributed by atoms with Crippen LogP contribution in [0.2, 0.25) is 0 Å². The van der Waals surface area contributed by atoms with E-state index in [2.05, 4.69) is 15.9 Å². The molecule has 1 aliphatic rings. The van der Waals surface area contributed by atoms with Gasteiger partial charge in [0.05, 0.1) is 18.6 Å². The lowest BCUT2D eigenvalue weighted by Gasteiger charge is -2.30. The van der Waals surface area contributed by atoms with E-state index in [0.717, 1.165) is 26.4 Å². The van der Waals surface area contributed by atoms with E-state index in [1.54, 1.807) is 24.0 Å². The van der Waals surface area contributed by atoms with Crippen LogP contribution in [0, 0.1) is 0 Å². The second kappa shape index (κ2) is 8.14. The summed E-state index contributed by atoms with van der Waals surface area (Å²) in [4.78, 5) is 29.3. The van der Waals surface area contributed by atoms with Crippen molar-refractivity contribution in [2.24, 2.45) is 0 Å². The van der Waals surface area contributed by atoms with E-state index in [1.807, 2.05) is 42.5 Å². The molecule has 5 nitrogen and oxygen atoms in total. The van der Waals surface area contributed by atoms with Crippen molar-refractivity contribution in [3.63, 3.8) is 0 Å². The van der Waals surface area contributed by atoms with Crippen molar-refractivity contribution < 1.29 is 14.3 Å². The smallest absolute Gasteiger partial charge is 0.242 e. The maximum atomic E-state index is 12.7. The van der Waals surface area contributed by atoms with Crippen molar-refractivity contribution in [1.29, 1.82) is 0 Å². The fourth-order valence-corrected chi connectivity index (χ4v) is 4.14. The normalized spacial score (nSPS) is 13.3. The third-order valence-electron chi connectivity index (χ3n) is 4.18. The van der Waals surface area contributed by atoms with Gasteiger partial charge in [0.2, 0.25) is 11.8 Å². The van der Waals surface area contributed by atoms with Crippen LogP contribution in [-0.4, -0.2) is 43.2 Å². The van der Waals surface area contributed by atoms with Crippen LogP contribution < -0.4 is 9.64 Å². The number of halogens is 1. The zero-order valence-corrected chi connectivity index (χ0v) is 17.0. The highest BCUT2D eigenvalue weighted by molar-refractivity contribution is 9.10. The second-order valence-electron chi connectivity index (χ2n) is 5.94. The number of likely N-dealkylation sites (N-methyl/N-ethyl adjacent to an activating group) is 1. The van der Waals surface area contributed by atoms with Gasteiger partial charge in [-0.3, -0.25) is 9.59 Å². The number of ether oxygens (including phenoxy) is 1. The first-order valence-electron chi connectivity index (χ1n) is 8.08. The number of benzene rings is 2. The summed E-state index contributed by atoms with van der Waals surface area (Å²) in [6.07, 6.45) is 0. The maximum Gasteiger partial charge on any atom is 0.242 e. The minimum atomic E-state index is -0.123. The first-order chi connectivity index (χ1) is 12.5. The van der Waals surface area contributed by atoms with Crippen molar-refractivity contribution in [2.75, 3.05) is 31.4 Å². The van der Waals surface area contributed by atoms with Gasteiger partial charge in [0, 0.05) is 28.5 Å². The van der Waals surface area contributed by atoms with Crippen LogP contribution in [0.15, 0.2) is 51.8 Å². The number of nitrogens with zero attached hydrogens (tertiary/aromatic N) is 2. The first kappa shape index (κ1) is 18.8. The zero-order chi connectivity index (χ0) is 18.7. The Kier molecular flexibility index (Phi) is 5.88. The highest BCUT2D eigenvalue weighted by Crippen LogP contribution is 2.34. The van der Waals surface area contributed by atoms with E-state index in [0.29, 0.717) is 12.3 Å². The molecule has 3 rings (SSSR count). The lowest BCUT2D eigenvalue weighted by atomic mass is 10.2. The van der Waals surface area contributed by atoms with E-state index in [4.69, 9.17) is 4.74 Å². The molecule has 1 heterocycles. The Morgan fingerprint density at radius 3 is 2.85 bits per heavy atom. The molecule has 1 aliphatic heterocycles. The predicted molar refractivity (Wildman–Crippen MR) is 107 cm³/mol. The molecule has 0 radical (unpaired) electrons. The Balaban J connectivity index is 1.74. The number of thioether (sulfide) groups is 1. The molecule has 7 heteroatoms. The van der Waals surface area contributed by atoms with Crippen LogP contribution >= 0.6 is 27.7 Å². The van der Waals surface area contributed by atoms with Crippen molar-refractivity contribution >= 4 is 45.2 Å². The van der Waals surface area contributed by atoms with Crippen molar-refractivity contribution in [2.45, 2.75) is 11.4 Å². The lowest BCUT2D eigenvalue weighted by molar-refractivity contribution is -0.130. The number of hydrogen-bond donors (Lipinski definition) is 0. The second-order valence-corrected chi connectivity index (χ2v) is 7.88. The molecule has 0 aromatic heterocycles. The number of rotatable bonds is 5. The Morgan fingerprint density at radius 1 is 1.31 bits per heavy atom. The van der Waals surface area contributed by atoms with E-state index in [9.17, 15) is 9.59 Å². The van der Waals surface area contributed by atoms with Gasteiger partial charge in [0.15, 0.2) is 0 Å². The molecule has 0 saturated heterocycles. The summed E-state index contributed by atoms with van der Waals surface area (Å²) >= 11 is 4.95. The number of carbonyl (C=O) groups is 2. The van der Waals surface area contributed by atoms with Crippen LogP contribution in [-0.2, 0) is 16.1 Å². The van der Waals surface area contributed by atoms with Crippen molar-refractivity contribution in [3.05, 3.63) is 52.5 Å². The van der Waals surface area contributed by atoms with Crippen LogP contribution in [0.3, 0.4) is 0 Å². The summed E-state index contributed by atoms with van der Waals surface area (Å²) in [5, 5.41) is 0. The van der Waals surface area contributed by atoms with Crippen LogP contribution in [0.4, 0.5) is 5.69 Å². The molecule has 2 aromatic rings. The summed E-state index contributed by atoms with van der Waals surface area (Å²) in [6, 6.07) is 13.4. The summed E-state index contributed by atoms with van der Waals surface area (Å²) in [6.45, 7) is 0.434. The molecule has 0 bridgehead atoms. The Bertz CT molecular complexity index is 843. The molecule has 0 aliphatic carbocycles. The first-order valence-corrected chi connectivity index (χ1v) is 9.86. The van der Waals surface area contributed by atoms with Gasteiger partial charge in [0.25, 0.3) is 0 Å². The average Bonchev–Trinajstić information content (AvgIpc) is 2.64. The maximum absolute atomic E-state index is 12.7. The molecular weight excluding hydrogens is 416 g/mol. The standard InChI is InChI=1S/C19H19BrN2O3S/c1-21(10-13-9-14(20)7-8-16(13)25-2)18(23)11-22-15-5-3-4-6-17(15)26-12-19(22)24/h3-9H,10-12H2,1-2H3. The van der Waals surface area contributed by atoms with Gasteiger partial charge in [-0.15, -0.1) is 11.8 Å². The lowest BCUT2D eigenvalue weighted by Crippen LogP contribution is -2.43. The van der Waals surface area contributed by atoms with Crippen LogP contribution in [0.1, 0.15) is 5.56 Å². The Labute approximate surface area is 165 Å². The molecule has 2 aromatic carbocycles. The van der Waals surface area contributed by atoms with Crippen LogP contribution in [0.5, 0.6) is 5.75 Å². The molecule has 0 N–H and O–H groups in total. The van der Waals surface area contributed by atoms with Gasteiger partial charge < -0.3 is 14.5 Å². The largest absolute Gasteiger partial charge is 0.496 e. The van der Waals surface area contributed by atoms with Gasteiger partial charge in [-0.1, -0.05) is 28.1 Å². The molecule has 0 fully saturated rings. The molecule has 0 atom stereocenters. The van der Waals surface area contributed by atoms with E-state index in [-0.39, 0.29) is 18.4 Å². The summed E-state index contributed by atoms with van der Waals surface area (Å²) in [7, 11) is 3.34. The molecule has 0 spiro atoms. The molecule has 26 heavy (non-hydrogen) atoms.